The number of hydrogen-bond acceptors (Lipinski definition) is 3. The quantitative estimate of drug-likeness (QED) is 0.842. The molecule has 0 spiro atoms. The molecule has 2 rings (SSSR count). The van der Waals surface area contributed by atoms with E-state index in [0.717, 1.165) is 21.3 Å². The first-order valence-electron chi connectivity index (χ1n) is 4.38. The molecule has 76 valence electrons. The van der Waals surface area contributed by atoms with Crippen molar-refractivity contribution in [1.82, 2.24) is 0 Å². The summed E-state index contributed by atoms with van der Waals surface area (Å²) in [5, 5.41) is 9.53. The van der Waals surface area contributed by atoms with Crippen LogP contribution in [0, 0.1) is 6.92 Å². The van der Waals surface area contributed by atoms with E-state index in [1.807, 2.05) is 13.0 Å². The van der Waals surface area contributed by atoms with Gasteiger partial charge in [-0.3, -0.25) is 0 Å². The molecule has 0 saturated heterocycles. The Labute approximate surface area is 90.8 Å². The summed E-state index contributed by atoms with van der Waals surface area (Å²) < 4.78 is 11.5. The van der Waals surface area contributed by atoms with Crippen molar-refractivity contribution in [1.29, 1.82) is 0 Å². The number of rotatable bonds is 1. The van der Waals surface area contributed by atoms with Crippen LogP contribution in [0.15, 0.2) is 10.5 Å². The molecule has 0 radical (unpaired) electrons. The highest BCUT2D eigenvalue weighted by atomic mass is 79.9. The second kappa shape index (κ2) is 3.44. The molecule has 1 heterocycles. The van der Waals surface area contributed by atoms with Gasteiger partial charge in [-0.1, -0.05) is 0 Å². The van der Waals surface area contributed by atoms with Crippen LogP contribution in [0.2, 0.25) is 0 Å². The van der Waals surface area contributed by atoms with Gasteiger partial charge in [0.1, 0.15) is 0 Å². The Morgan fingerprint density at radius 3 is 2.86 bits per heavy atom. The number of hydrogen-bond donors (Lipinski definition) is 1. The van der Waals surface area contributed by atoms with Crippen LogP contribution in [0.5, 0.6) is 11.5 Å². The van der Waals surface area contributed by atoms with Crippen molar-refractivity contribution >= 4 is 15.9 Å². The van der Waals surface area contributed by atoms with Gasteiger partial charge in [-0.05, 0) is 41.4 Å². The van der Waals surface area contributed by atoms with Gasteiger partial charge in [0.25, 0.3) is 0 Å². The molecule has 1 N–H and O–H groups in total. The number of ether oxygens (including phenoxy) is 2. The van der Waals surface area contributed by atoms with Crippen LogP contribution in [-0.2, 0) is 0 Å². The lowest BCUT2D eigenvalue weighted by Crippen LogP contribution is -1.95. The van der Waals surface area contributed by atoms with E-state index >= 15 is 0 Å². The average Bonchev–Trinajstić information content (AvgIpc) is 2.58. The Bertz CT molecular complexity index is 374. The van der Waals surface area contributed by atoms with Crippen LogP contribution in [0.3, 0.4) is 0 Å². The van der Waals surface area contributed by atoms with Crippen LogP contribution < -0.4 is 9.47 Å². The zero-order valence-electron chi connectivity index (χ0n) is 8.00. The van der Waals surface area contributed by atoms with E-state index in [4.69, 9.17) is 9.47 Å². The first-order valence-corrected chi connectivity index (χ1v) is 5.17. The van der Waals surface area contributed by atoms with Crippen molar-refractivity contribution < 1.29 is 14.6 Å². The van der Waals surface area contributed by atoms with Gasteiger partial charge in [-0.15, -0.1) is 0 Å². The van der Waals surface area contributed by atoms with E-state index in [0.29, 0.717) is 5.75 Å². The summed E-state index contributed by atoms with van der Waals surface area (Å²) in [6.07, 6.45) is -0.516. The Kier molecular flexibility index (Phi) is 2.41. The Balaban J connectivity index is 2.61. The van der Waals surface area contributed by atoms with E-state index < -0.39 is 6.10 Å². The Morgan fingerprint density at radius 1 is 1.50 bits per heavy atom. The highest BCUT2D eigenvalue weighted by Crippen LogP contribution is 2.42. The highest BCUT2D eigenvalue weighted by Gasteiger charge is 2.22. The van der Waals surface area contributed by atoms with Crippen molar-refractivity contribution in [3.8, 4) is 11.5 Å². The molecule has 0 aromatic heterocycles. The zero-order chi connectivity index (χ0) is 10.3. The van der Waals surface area contributed by atoms with E-state index in [1.165, 1.54) is 0 Å². The van der Waals surface area contributed by atoms with Crippen LogP contribution in [0.4, 0.5) is 0 Å². The topological polar surface area (TPSA) is 38.7 Å². The van der Waals surface area contributed by atoms with E-state index in [-0.39, 0.29) is 6.79 Å². The van der Waals surface area contributed by atoms with Crippen molar-refractivity contribution in [2.45, 2.75) is 20.0 Å². The maximum absolute atomic E-state index is 9.53. The van der Waals surface area contributed by atoms with Gasteiger partial charge in [-0.25, -0.2) is 0 Å². The second-order valence-corrected chi connectivity index (χ2v) is 4.11. The van der Waals surface area contributed by atoms with Crippen LogP contribution >= 0.6 is 15.9 Å². The molecule has 0 amide bonds. The third-order valence-electron chi connectivity index (χ3n) is 2.30. The summed E-state index contributed by atoms with van der Waals surface area (Å²) in [5.74, 6) is 1.47. The minimum Gasteiger partial charge on any atom is -0.454 e. The Hall–Kier alpha value is -0.740. The first kappa shape index (κ1) is 9.80. The van der Waals surface area contributed by atoms with Crippen molar-refractivity contribution in [2.75, 3.05) is 6.79 Å². The summed E-state index contributed by atoms with van der Waals surface area (Å²) in [7, 11) is 0. The summed E-state index contributed by atoms with van der Waals surface area (Å²) in [6, 6.07) is 1.81. The highest BCUT2D eigenvalue weighted by molar-refractivity contribution is 9.10. The number of halogens is 1. The van der Waals surface area contributed by atoms with Gasteiger partial charge in [0, 0.05) is 10.0 Å². The number of aliphatic hydroxyl groups excluding tert-OH is 1. The molecule has 1 aliphatic rings. The summed E-state index contributed by atoms with van der Waals surface area (Å²) in [6.45, 7) is 3.91. The van der Waals surface area contributed by atoms with Gasteiger partial charge < -0.3 is 14.6 Å². The molecule has 4 heteroatoms. The lowest BCUT2D eigenvalue weighted by molar-refractivity contribution is 0.173. The van der Waals surface area contributed by atoms with E-state index in [9.17, 15) is 5.11 Å². The van der Waals surface area contributed by atoms with Gasteiger partial charge in [0.15, 0.2) is 11.5 Å². The molecule has 14 heavy (non-hydrogen) atoms. The molecular formula is C10H11BrO3. The monoisotopic (exact) mass is 258 g/mol. The number of benzene rings is 1. The second-order valence-electron chi connectivity index (χ2n) is 3.31. The molecule has 1 aromatic carbocycles. The van der Waals surface area contributed by atoms with E-state index in [1.54, 1.807) is 6.92 Å². The van der Waals surface area contributed by atoms with Crippen molar-refractivity contribution in [3.05, 3.63) is 21.7 Å². The fourth-order valence-corrected chi connectivity index (χ4v) is 2.14. The zero-order valence-corrected chi connectivity index (χ0v) is 9.59. The standard InChI is InChI=1S/C10H11BrO3/c1-5-9(11)7(6(2)12)3-8-10(5)14-4-13-8/h3,6,12H,4H2,1-2H3. The van der Waals surface area contributed by atoms with Gasteiger partial charge in [-0.2, -0.15) is 0 Å². The molecule has 0 saturated carbocycles. The van der Waals surface area contributed by atoms with E-state index in [2.05, 4.69) is 15.9 Å². The van der Waals surface area contributed by atoms with Crippen LogP contribution in [0.25, 0.3) is 0 Å². The normalized spacial score (nSPS) is 15.7. The summed E-state index contributed by atoms with van der Waals surface area (Å²) >= 11 is 3.44. The van der Waals surface area contributed by atoms with Crippen molar-refractivity contribution in [3.63, 3.8) is 0 Å². The third kappa shape index (κ3) is 1.38. The fraction of sp³-hybridized carbons (Fsp3) is 0.400. The fourth-order valence-electron chi connectivity index (χ4n) is 1.51. The summed E-state index contributed by atoms with van der Waals surface area (Å²) in [5.41, 5.74) is 1.79. The average molecular weight is 259 g/mol. The van der Waals surface area contributed by atoms with Crippen LogP contribution in [0.1, 0.15) is 24.2 Å². The van der Waals surface area contributed by atoms with Crippen molar-refractivity contribution in [2.24, 2.45) is 0 Å². The smallest absolute Gasteiger partial charge is 0.231 e. The maximum Gasteiger partial charge on any atom is 0.231 e. The summed E-state index contributed by atoms with van der Waals surface area (Å²) in [4.78, 5) is 0. The van der Waals surface area contributed by atoms with Gasteiger partial charge in [0.2, 0.25) is 6.79 Å². The first-order chi connectivity index (χ1) is 6.61. The SMILES string of the molecule is Cc1c(Br)c(C(C)O)cc2c1OCO2. The predicted octanol–water partition coefficient (Wildman–Crippen LogP) is 2.54. The number of fused-ring (bicyclic) bond motifs is 1. The Morgan fingerprint density at radius 2 is 2.21 bits per heavy atom. The molecular weight excluding hydrogens is 248 g/mol. The molecule has 1 atom stereocenters. The number of aliphatic hydroxyl groups is 1. The molecule has 0 bridgehead atoms. The molecule has 1 unspecified atom stereocenters. The largest absolute Gasteiger partial charge is 0.454 e. The molecule has 0 fully saturated rings. The minimum atomic E-state index is -0.516. The lowest BCUT2D eigenvalue weighted by Gasteiger charge is -2.11. The van der Waals surface area contributed by atoms with Gasteiger partial charge >= 0.3 is 0 Å². The molecule has 3 nitrogen and oxygen atoms in total. The van der Waals surface area contributed by atoms with Gasteiger partial charge in [0.05, 0.1) is 6.10 Å². The minimum absolute atomic E-state index is 0.256. The molecule has 0 aliphatic carbocycles. The predicted molar refractivity (Wildman–Crippen MR) is 55.6 cm³/mol. The van der Waals surface area contributed by atoms with Crippen LogP contribution in [-0.4, -0.2) is 11.9 Å². The molecule has 1 aromatic rings. The lowest BCUT2D eigenvalue weighted by atomic mass is 10.1. The maximum atomic E-state index is 9.53. The molecule has 1 aliphatic heterocycles. The third-order valence-corrected chi connectivity index (χ3v) is 3.35.